The van der Waals surface area contributed by atoms with Crippen molar-refractivity contribution in [1.82, 2.24) is 5.32 Å². The Kier molecular flexibility index (Phi) is 39.9. The van der Waals surface area contributed by atoms with E-state index in [1.54, 1.807) is 26.0 Å². The number of allylic oxidation sites excluding steroid dienone is 4. The normalized spacial score (nSPS) is 17.1. The van der Waals surface area contributed by atoms with Gasteiger partial charge in [0.2, 0.25) is 11.8 Å². The van der Waals surface area contributed by atoms with Gasteiger partial charge in [0.25, 0.3) is 0 Å². The number of rotatable bonds is 8. The smallest absolute Gasteiger partial charge is 0.416 e. The molecule has 0 spiro atoms. The number of carbonyl (C=O) groups excluding carboxylic acids is 1. The van der Waals surface area contributed by atoms with Crippen LogP contribution in [0.3, 0.4) is 0 Å². The Bertz CT molecular complexity index is 683. The summed E-state index contributed by atoms with van der Waals surface area (Å²) in [6.45, 7) is 21.7. The first-order valence-corrected chi connectivity index (χ1v) is 14.5. The first-order valence-electron chi connectivity index (χ1n) is 14.5. The van der Waals surface area contributed by atoms with Gasteiger partial charge in [0.1, 0.15) is 0 Å². The molecular formula is C32H59F3N2O2. The number of hydrogen-bond donors (Lipinski definition) is 1. The third-order valence-corrected chi connectivity index (χ3v) is 4.95. The maximum Gasteiger partial charge on any atom is 0.416 e. The van der Waals surface area contributed by atoms with Gasteiger partial charge in [0.15, 0.2) is 0 Å². The quantitative estimate of drug-likeness (QED) is 0.139. The highest BCUT2D eigenvalue weighted by atomic mass is 19.4. The summed E-state index contributed by atoms with van der Waals surface area (Å²) in [4.78, 5) is 16.6. The van der Waals surface area contributed by atoms with Crippen LogP contribution in [0.15, 0.2) is 40.4 Å². The molecule has 1 aliphatic rings. The lowest BCUT2D eigenvalue weighted by Crippen LogP contribution is -2.36. The molecule has 1 saturated carbocycles. The van der Waals surface area contributed by atoms with Gasteiger partial charge in [-0.15, -0.1) is 12.8 Å². The van der Waals surface area contributed by atoms with Crippen LogP contribution in [-0.2, 0) is 9.53 Å². The summed E-state index contributed by atoms with van der Waals surface area (Å²) in [5.41, 5.74) is -0.284. The van der Waals surface area contributed by atoms with Crippen LogP contribution in [0.25, 0.3) is 0 Å². The third-order valence-electron chi connectivity index (χ3n) is 4.95. The molecule has 7 heteroatoms. The van der Waals surface area contributed by atoms with Crippen molar-refractivity contribution >= 4 is 11.8 Å². The minimum absolute atomic E-state index is 0.0105. The minimum Gasteiger partial charge on any atom is -0.483 e. The third kappa shape index (κ3) is 25.5. The van der Waals surface area contributed by atoms with Gasteiger partial charge in [-0.1, -0.05) is 87.5 Å². The molecule has 1 N–H and O–H groups in total. The average Bonchev–Trinajstić information content (AvgIpc) is 2.98. The van der Waals surface area contributed by atoms with E-state index in [0.29, 0.717) is 11.5 Å². The fourth-order valence-electron chi connectivity index (χ4n) is 3.24. The maximum atomic E-state index is 13.1. The monoisotopic (exact) mass is 560 g/mol. The molecule has 0 unspecified atom stereocenters. The summed E-state index contributed by atoms with van der Waals surface area (Å²) in [7, 11) is 1.43. The van der Waals surface area contributed by atoms with Crippen LogP contribution in [0.2, 0.25) is 0 Å². The number of methoxy groups -OCH3 is 1. The van der Waals surface area contributed by atoms with E-state index >= 15 is 0 Å². The molecule has 0 radical (unpaired) electrons. The number of alkyl halides is 3. The van der Waals surface area contributed by atoms with E-state index in [0.717, 1.165) is 37.8 Å². The number of nitrogens with zero attached hydrogens (tertiary/aromatic N) is 1. The van der Waals surface area contributed by atoms with Crippen LogP contribution >= 0.6 is 0 Å². The highest BCUT2D eigenvalue weighted by Gasteiger charge is 2.31. The average molecular weight is 561 g/mol. The van der Waals surface area contributed by atoms with Crippen LogP contribution in [0.4, 0.5) is 13.2 Å². The summed E-state index contributed by atoms with van der Waals surface area (Å²) in [6, 6.07) is 0. The van der Waals surface area contributed by atoms with Gasteiger partial charge >= 0.3 is 6.18 Å². The molecule has 0 heterocycles. The lowest BCUT2D eigenvalue weighted by molar-refractivity contribution is -0.125. The maximum absolute atomic E-state index is 13.1. The van der Waals surface area contributed by atoms with E-state index < -0.39 is 11.7 Å². The highest BCUT2D eigenvalue weighted by Crippen LogP contribution is 2.29. The van der Waals surface area contributed by atoms with Crippen LogP contribution in [0.1, 0.15) is 108 Å². The zero-order valence-electron chi connectivity index (χ0n) is 27.0. The number of amides is 1. The standard InChI is InChI=1S/C22H33F3N2O2.4C2H6.C2H2/c1-5-7-17(13-19(8-6-2)22(23,24)25)14-26-20(29-4)15-27-21(28)18-11-9-16(3)10-12-18;5*1-2/h5,7-8,13,16,18H,6,9-12,14-15H2,1-4H3,(H,27,28);4*1-2H3;1-2H/b7-5-,17-13+,19-8-,26-20?;;;;;. The topological polar surface area (TPSA) is 50.7 Å². The molecule has 0 aromatic rings. The van der Waals surface area contributed by atoms with Crippen molar-refractivity contribution in [2.45, 2.75) is 114 Å². The van der Waals surface area contributed by atoms with E-state index in [1.165, 1.54) is 7.11 Å². The second kappa shape index (κ2) is 33.5. The largest absolute Gasteiger partial charge is 0.483 e. The molecule has 0 atom stereocenters. The van der Waals surface area contributed by atoms with E-state index in [9.17, 15) is 18.0 Å². The summed E-state index contributed by atoms with van der Waals surface area (Å²) in [6.07, 6.45) is 13.2. The van der Waals surface area contributed by atoms with Gasteiger partial charge in [0.05, 0.1) is 25.8 Å². The van der Waals surface area contributed by atoms with Crippen LogP contribution < -0.4 is 5.32 Å². The van der Waals surface area contributed by atoms with Crippen LogP contribution in [0.5, 0.6) is 0 Å². The molecule has 1 rings (SSSR count). The zero-order chi connectivity index (χ0) is 31.9. The molecule has 0 aromatic carbocycles. The second-order valence-corrected chi connectivity index (χ2v) is 7.37. The molecule has 39 heavy (non-hydrogen) atoms. The van der Waals surface area contributed by atoms with E-state index in [1.807, 2.05) is 55.4 Å². The molecule has 4 nitrogen and oxygen atoms in total. The van der Waals surface area contributed by atoms with Gasteiger partial charge in [0, 0.05) is 5.92 Å². The first kappa shape index (κ1) is 46.4. The SMILES string of the molecule is C#C.CC.CC.CC.CC.C\C=C/C(=C\C(=C\CC)C(F)(F)F)CN=C(CNC(=O)C1CCC(C)CC1)OC. The molecule has 1 amide bonds. The summed E-state index contributed by atoms with van der Waals surface area (Å²) in [5, 5.41) is 2.84. The molecule has 1 fully saturated rings. The van der Waals surface area contributed by atoms with Crippen molar-refractivity contribution < 1.29 is 22.7 Å². The predicted molar refractivity (Wildman–Crippen MR) is 166 cm³/mol. The molecule has 1 aliphatic carbocycles. The van der Waals surface area contributed by atoms with E-state index in [2.05, 4.69) is 30.1 Å². The number of halogens is 3. The van der Waals surface area contributed by atoms with Crippen molar-refractivity contribution in [3.63, 3.8) is 0 Å². The lowest BCUT2D eigenvalue weighted by atomic mass is 9.82. The predicted octanol–water partition coefficient (Wildman–Crippen LogP) is 9.73. The second-order valence-electron chi connectivity index (χ2n) is 7.37. The van der Waals surface area contributed by atoms with E-state index in [4.69, 9.17) is 4.74 Å². The number of ether oxygens (including phenoxy) is 1. The number of nitrogens with one attached hydrogen (secondary N) is 1. The van der Waals surface area contributed by atoms with Gasteiger partial charge in [-0.25, -0.2) is 4.99 Å². The summed E-state index contributed by atoms with van der Waals surface area (Å²) >= 11 is 0. The lowest BCUT2D eigenvalue weighted by Gasteiger charge is -2.25. The Balaban J connectivity index is -0.000000344. The number of carbonyl (C=O) groups is 1. The summed E-state index contributed by atoms with van der Waals surface area (Å²) < 4.78 is 44.6. The van der Waals surface area contributed by atoms with Gasteiger partial charge < -0.3 is 10.1 Å². The van der Waals surface area contributed by atoms with Crippen LogP contribution in [-0.4, -0.2) is 38.2 Å². The Morgan fingerprint density at radius 1 is 1.00 bits per heavy atom. The Hall–Kier alpha value is -2.49. The molecule has 0 bridgehead atoms. The minimum atomic E-state index is -4.41. The van der Waals surface area contributed by atoms with Gasteiger partial charge in [-0.2, -0.15) is 13.2 Å². The fraction of sp³-hybridized carbons (Fsp3) is 0.688. The van der Waals surface area contributed by atoms with Gasteiger partial charge in [-0.05, 0) is 56.6 Å². The highest BCUT2D eigenvalue weighted by molar-refractivity contribution is 5.85. The van der Waals surface area contributed by atoms with Crippen molar-refractivity contribution in [2.24, 2.45) is 16.8 Å². The van der Waals surface area contributed by atoms with Crippen molar-refractivity contribution in [1.29, 1.82) is 0 Å². The Morgan fingerprint density at radius 2 is 1.49 bits per heavy atom. The number of terminal acetylenes is 1. The Morgan fingerprint density at radius 3 is 1.87 bits per heavy atom. The van der Waals surface area contributed by atoms with Crippen molar-refractivity contribution in [3.8, 4) is 12.8 Å². The molecule has 0 aromatic heterocycles. The molecule has 0 aliphatic heterocycles. The number of aliphatic imine (C=N–C) groups is 1. The van der Waals surface area contributed by atoms with E-state index in [-0.39, 0.29) is 37.2 Å². The molecular weight excluding hydrogens is 501 g/mol. The van der Waals surface area contributed by atoms with Crippen molar-refractivity contribution in [3.05, 3.63) is 35.5 Å². The van der Waals surface area contributed by atoms with Crippen molar-refractivity contribution in [2.75, 3.05) is 20.2 Å². The molecule has 230 valence electrons. The first-order chi connectivity index (χ1) is 18.7. The molecule has 0 saturated heterocycles. The Labute approximate surface area is 239 Å². The fourth-order valence-corrected chi connectivity index (χ4v) is 3.24. The van der Waals surface area contributed by atoms with Crippen LogP contribution in [0, 0.1) is 24.7 Å². The van der Waals surface area contributed by atoms with Gasteiger partial charge in [-0.3, -0.25) is 4.79 Å². The summed E-state index contributed by atoms with van der Waals surface area (Å²) in [5.74, 6) is 0.939. The zero-order valence-corrected chi connectivity index (χ0v) is 27.0. The number of hydrogen-bond acceptors (Lipinski definition) is 3.